The van der Waals surface area contributed by atoms with Gasteiger partial charge < -0.3 is 5.32 Å². The van der Waals surface area contributed by atoms with Crippen LogP contribution in [0.4, 0.5) is 0 Å². The molecule has 2 aliphatic heterocycles. The predicted octanol–water partition coefficient (Wildman–Crippen LogP) is 1.54. The topological polar surface area (TPSA) is 18.5 Å². The molecule has 0 aromatic carbocycles. The summed E-state index contributed by atoms with van der Waals surface area (Å²) >= 11 is 0. The van der Waals surface area contributed by atoms with Crippen LogP contribution in [0, 0.1) is 0 Å². The summed E-state index contributed by atoms with van der Waals surface area (Å²) in [7, 11) is 4.42. The highest BCUT2D eigenvalue weighted by molar-refractivity contribution is 4.93. The molecule has 3 heteroatoms. The third kappa shape index (κ3) is 2.67. The molecule has 0 spiro atoms. The number of hydrogen-bond donors (Lipinski definition) is 1. The van der Waals surface area contributed by atoms with E-state index >= 15 is 0 Å². The van der Waals surface area contributed by atoms with Gasteiger partial charge in [-0.2, -0.15) is 0 Å². The van der Waals surface area contributed by atoms with E-state index in [0.717, 1.165) is 12.1 Å². The van der Waals surface area contributed by atoms with Crippen molar-refractivity contribution >= 4 is 0 Å². The summed E-state index contributed by atoms with van der Waals surface area (Å²) < 4.78 is 0. The molecule has 2 fully saturated rings. The smallest absolute Gasteiger partial charge is 0.0223 e. The molecular weight excluding hydrogens is 210 g/mol. The van der Waals surface area contributed by atoms with E-state index < -0.39 is 0 Å². The lowest BCUT2D eigenvalue weighted by Gasteiger charge is -2.35. The first-order valence-corrected chi connectivity index (χ1v) is 7.30. The molecule has 2 saturated heterocycles. The van der Waals surface area contributed by atoms with E-state index in [9.17, 15) is 0 Å². The summed E-state index contributed by atoms with van der Waals surface area (Å²) in [5.41, 5.74) is 0. The Morgan fingerprint density at radius 1 is 1.24 bits per heavy atom. The van der Waals surface area contributed by atoms with Gasteiger partial charge in [-0.05, 0) is 46.7 Å². The monoisotopic (exact) mass is 239 g/mol. The van der Waals surface area contributed by atoms with Crippen LogP contribution in [0.1, 0.15) is 39.5 Å². The van der Waals surface area contributed by atoms with Gasteiger partial charge in [0.05, 0.1) is 0 Å². The molecule has 0 amide bonds. The molecule has 0 aliphatic carbocycles. The molecule has 0 aromatic heterocycles. The Labute approximate surface area is 107 Å². The van der Waals surface area contributed by atoms with Crippen molar-refractivity contribution in [3.05, 3.63) is 0 Å². The zero-order valence-corrected chi connectivity index (χ0v) is 11.9. The first-order chi connectivity index (χ1) is 8.17. The van der Waals surface area contributed by atoms with Crippen molar-refractivity contribution in [2.75, 3.05) is 27.2 Å². The maximum Gasteiger partial charge on any atom is 0.0223 e. The van der Waals surface area contributed by atoms with Gasteiger partial charge in [0.1, 0.15) is 0 Å². The van der Waals surface area contributed by atoms with Crippen molar-refractivity contribution in [1.29, 1.82) is 0 Å². The Bertz CT molecular complexity index is 240. The van der Waals surface area contributed by atoms with Crippen LogP contribution in [0.25, 0.3) is 0 Å². The molecule has 2 aliphatic rings. The van der Waals surface area contributed by atoms with Crippen molar-refractivity contribution in [1.82, 2.24) is 15.1 Å². The average Bonchev–Trinajstić information content (AvgIpc) is 2.54. The first-order valence-electron chi connectivity index (χ1n) is 7.30. The van der Waals surface area contributed by atoms with E-state index in [1.165, 1.54) is 38.8 Å². The van der Waals surface area contributed by atoms with E-state index in [1.54, 1.807) is 0 Å². The van der Waals surface area contributed by atoms with Crippen LogP contribution in [-0.4, -0.2) is 61.2 Å². The molecule has 2 rings (SSSR count). The largest absolute Gasteiger partial charge is 0.315 e. The standard InChI is InChI=1S/C14H29N3/c1-5-14(15-3)11(2)17-9-8-12-6-7-13(10-17)16(12)4/h11-15H,5-10H2,1-4H3. The van der Waals surface area contributed by atoms with Gasteiger partial charge in [-0.1, -0.05) is 6.92 Å². The summed E-state index contributed by atoms with van der Waals surface area (Å²) in [5.74, 6) is 0. The molecular formula is C14H29N3. The van der Waals surface area contributed by atoms with Crippen LogP contribution >= 0.6 is 0 Å². The van der Waals surface area contributed by atoms with Gasteiger partial charge in [-0.3, -0.25) is 9.80 Å². The molecule has 4 unspecified atom stereocenters. The quantitative estimate of drug-likeness (QED) is 0.803. The van der Waals surface area contributed by atoms with Crippen LogP contribution in [-0.2, 0) is 0 Å². The highest BCUT2D eigenvalue weighted by atomic mass is 15.3. The molecule has 1 N–H and O–H groups in total. The maximum atomic E-state index is 3.47. The Hall–Kier alpha value is -0.120. The van der Waals surface area contributed by atoms with E-state index in [2.05, 4.69) is 43.1 Å². The molecule has 0 aromatic rings. The minimum Gasteiger partial charge on any atom is -0.315 e. The van der Waals surface area contributed by atoms with Crippen LogP contribution in [0.3, 0.4) is 0 Å². The number of fused-ring (bicyclic) bond motifs is 2. The molecule has 0 saturated carbocycles. The van der Waals surface area contributed by atoms with Crippen LogP contribution in [0.2, 0.25) is 0 Å². The number of rotatable bonds is 4. The van der Waals surface area contributed by atoms with E-state index in [0.29, 0.717) is 12.1 Å². The highest BCUT2D eigenvalue weighted by Crippen LogP contribution is 2.29. The first kappa shape index (κ1) is 13.3. The summed E-state index contributed by atoms with van der Waals surface area (Å²) in [6.07, 6.45) is 5.41. The van der Waals surface area contributed by atoms with E-state index in [4.69, 9.17) is 0 Å². The van der Waals surface area contributed by atoms with Crippen molar-refractivity contribution in [2.45, 2.75) is 63.7 Å². The van der Waals surface area contributed by atoms with Gasteiger partial charge in [-0.15, -0.1) is 0 Å². The van der Waals surface area contributed by atoms with Gasteiger partial charge in [0.2, 0.25) is 0 Å². The van der Waals surface area contributed by atoms with Gasteiger partial charge in [0.15, 0.2) is 0 Å². The van der Waals surface area contributed by atoms with Gasteiger partial charge in [-0.25, -0.2) is 0 Å². The third-order valence-electron chi connectivity index (χ3n) is 5.15. The third-order valence-corrected chi connectivity index (χ3v) is 5.15. The summed E-state index contributed by atoms with van der Waals surface area (Å²) in [6, 6.07) is 2.96. The molecule has 100 valence electrons. The predicted molar refractivity (Wildman–Crippen MR) is 73.4 cm³/mol. The lowest BCUT2D eigenvalue weighted by molar-refractivity contribution is 0.151. The summed E-state index contributed by atoms with van der Waals surface area (Å²) in [5, 5.41) is 3.47. The van der Waals surface area contributed by atoms with Gasteiger partial charge in [0.25, 0.3) is 0 Å². The van der Waals surface area contributed by atoms with Crippen LogP contribution in [0.5, 0.6) is 0 Å². The number of hydrogen-bond acceptors (Lipinski definition) is 3. The molecule has 3 nitrogen and oxygen atoms in total. The average molecular weight is 239 g/mol. The van der Waals surface area contributed by atoms with Gasteiger partial charge >= 0.3 is 0 Å². The minimum absolute atomic E-state index is 0.636. The van der Waals surface area contributed by atoms with Crippen molar-refractivity contribution in [3.63, 3.8) is 0 Å². The van der Waals surface area contributed by atoms with Crippen molar-refractivity contribution in [3.8, 4) is 0 Å². The van der Waals surface area contributed by atoms with Crippen molar-refractivity contribution in [2.24, 2.45) is 0 Å². The molecule has 0 radical (unpaired) electrons. The second-order valence-electron chi connectivity index (χ2n) is 5.88. The summed E-state index contributed by atoms with van der Waals surface area (Å²) in [4.78, 5) is 5.35. The van der Waals surface area contributed by atoms with E-state index in [-0.39, 0.29) is 0 Å². The zero-order valence-electron chi connectivity index (χ0n) is 11.9. The fourth-order valence-electron chi connectivity index (χ4n) is 3.75. The maximum absolute atomic E-state index is 3.47. The second-order valence-corrected chi connectivity index (χ2v) is 5.88. The fourth-order valence-corrected chi connectivity index (χ4v) is 3.75. The number of nitrogens with one attached hydrogen (secondary N) is 1. The highest BCUT2D eigenvalue weighted by Gasteiger charge is 2.36. The Balaban J connectivity index is 1.98. The normalized spacial score (nSPS) is 34.6. The van der Waals surface area contributed by atoms with Crippen LogP contribution < -0.4 is 5.32 Å². The zero-order chi connectivity index (χ0) is 12.4. The van der Waals surface area contributed by atoms with E-state index in [1.807, 2.05) is 0 Å². The summed E-state index contributed by atoms with van der Waals surface area (Å²) in [6.45, 7) is 7.23. The molecule has 2 heterocycles. The molecule has 4 atom stereocenters. The van der Waals surface area contributed by atoms with Crippen LogP contribution in [0.15, 0.2) is 0 Å². The minimum atomic E-state index is 0.636. The Morgan fingerprint density at radius 2 is 1.94 bits per heavy atom. The van der Waals surface area contributed by atoms with Gasteiger partial charge in [0, 0.05) is 37.3 Å². The molecule has 2 bridgehead atoms. The SMILES string of the molecule is CCC(NC)C(C)N1CCC2CCC(C1)N2C. The number of likely N-dealkylation sites (tertiary alicyclic amines) is 1. The Morgan fingerprint density at radius 3 is 2.59 bits per heavy atom. The number of nitrogens with zero attached hydrogens (tertiary/aromatic N) is 2. The Kier molecular flexibility index (Phi) is 4.45. The number of likely N-dealkylation sites (N-methyl/N-ethyl adjacent to an activating group) is 2. The molecule has 17 heavy (non-hydrogen) atoms. The van der Waals surface area contributed by atoms with Crippen molar-refractivity contribution < 1.29 is 0 Å². The lowest BCUT2D eigenvalue weighted by Crippen LogP contribution is -2.49. The fraction of sp³-hybridized carbons (Fsp3) is 1.00. The lowest BCUT2D eigenvalue weighted by atomic mass is 10.0. The second kappa shape index (κ2) is 5.68.